The molecule has 4 rings (SSSR count). The van der Waals surface area contributed by atoms with Gasteiger partial charge in [-0.1, -0.05) is 16.7 Å². The van der Waals surface area contributed by atoms with Crippen LogP contribution in [0.4, 0.5) is 5.69 Å². The summed E-state index contributed by atoms with van der Waals surface area (Å²) >= 11 is 0. The first kappa shape index (κ1) is 26.1. The topological polar surface area (TPSA) is 98.3 Å². The number of rotatable bonds is 8. The van der Waals surface area contributed by atoms with E-state index in [0.29, 0.717) is 29.9 Å². The van der Waals surface area contributed by atoms with Gasteiger partial charge in [0.1, 0.15) is 11.6 Å². The maximum atomic E-state index is 12.9. The molecule has 0 saturated carbocycles. The quantitative estimate of drug-likeness (QED) is 0.289. The number of hydrogen-bond acceptors (Lipinski definition) is 5. The van der Waals surface area contributed by atoms with Gasteiger partial charge < -0.3 is 20.3 Å². The molecule has 4 aromatic rings. The van der Waals surface area contributed by atoms with Crippen molar-refractivity contribution >= 4 is 25.4 Å². The van der Waals surface area contributed by atoms with Gasteiger partial charge in [0.25, 0.3) is 5.91 Å². The Bertz CT molecular complexity index is 1450. The number of nitrogens with zero attached hydrogens (tertiary/aromatic N) is 2. The standard InChI is InChI=1S/C29H31N4O3P/c1-17-13-20(14-18(2)27(17)34)28-31-25(12-9-19-7-6-8-22(15-19)37-36)26(32-28)23-11-10-21(33(4)5)16-24(23)29(35)30-3/h6-8,10-11,13-16,34H,9,12H2,1-5H3,(H,30,35)(H,31,32)/p+1. The number of anilines is 1. The van der Waals surface area contributed by atoms with E-state index in [1.807, 2.05) is 87.4 Å². The van der Waals surface area contributed by atoms with E-state index in [9.17, 15) is 14.5 Å². The zero-order valence-corrected chi connectivity index (χ0v) is 22.8. The van der Waals surface area contributed by atoms with Crippen molar-refractivity contribution in [2.75, 3.05) is 26.0 Å². The van der Waals surface area contributed by atoms with Gasteiger partial charge in [-0.25, -0.2) is 4.98 Å². The van der Waals surface area contributed by atoms with Crippen LogP contribution in [0.25, 0.3) is 22.6 Å². The number of aromatic hydroxyl groups is 1. The molecule has 0 radical (unpaired) electrons. The lowest BCUT2D eigenvalue weighted by molar-refractivity contribution is 0.0963. The highest BCUT2D eigenvalue weighted by atomic mass is 31.1. The SMILES string of the molecule is CNC(=O)c1cc(N(C)C)ccc1-c1nc(-c2cc(C)c(O)c(C)c2)[nH]c1CCc1cccc([PH+]=O)c1. The highest BCUT2D eigenvalue weighted by Crippen LogP contribution is 2.34. The third-order valence-electron chi connectivity index (χ3n) is 6.50. The fraction of sp³-hybridized carbons (Fsp3) is 0.241. The summed E-state index contributed by atoms with van der Waals surface area (Å²) < 4.78 is 11.4. The summed E-state index contributed by atoms with van der Waals surface area (Å²) in [6, 6.07) is 17.4. The number of aromatic nitrogens is 2. The number of aromatic amines is 1. The lowest BCUT2D eigenvalue weighted by Crippen LogP contribution is -2.20. The first-order valence-corrected chi connectivity index (χ1v) is 13.0. The van der Waals surface area contributed by atoms with Crippen LogP contribution in [0.5, 0.6) is 5.75 Å². The summed E-state index contributed by atoms with van der Waals surface area (Å²) in [5.41, 5.74) is 7.29. The number of benzene rings is 3. The van der Waals surface area contributed by atoms with Crippen LogP contribution in [-0.4, -0.2) is 42.1 Å². The maximum Gasteiger partial charge on any atom is 0.363 e. The zero-order chi connectivity index (χ0) is 26.7. The van der Waals surface area contributed by atoms with Crippen molar-refractivity contribution in [3.05, 3.63) is 82.5 Å². The van der Waals surface area contributed by atoms with Crippen molar-refractivity contribution in [1.82, 2.24) is 15.3 Å². The number of H-pyrrole nitrogens is 1. The van der Waals surface area contributed by atoms with Crippen molar-refractivity contribution < 1.29 is 14.5 Å². The van der Waals surface area contributed by atoms with Gasteiger partial charge in [-0.05, 0) is 85.8 Å². The number of aryl methyl sites for hydroxylation is 4. The molecule has 8 heteroatoms. The monoisotopic (exact) mass is 515 g/mol. The molecular weight excluding hydrogens is 483 g/mol. The van der Waals surface area contributed by atoms with Gasteiger partial charge in [0.05, 0.1) is 11.3 Å². The fourth-order valence-electron chi connectivity index (χ4n) is 4.44. The van der Waals surface area contributed by atoms with E-state index in [4.69, 9.17) is 4.98 Å². The number of amides is 1. The molecule has 3 N–H and O–H groups in total. The second kappa shape index (κ2) is 11.0. The lowest BCUT2D eigenvalue weighted by atomic mass is 9.99. The summed E-state index contributed by atoms with van der Waals surface area (Å²) in [7, 11) is 5.00. The average Bonchev–Trinajstić information content (AvgIpc) is 3.33. The second-order valence-corrected chi connectivity index (χ2v) is 10.2. The van der Waals surface area contributed by atoms with Gasteiger partial charge in [-0.15, -0.1) is 0 Å². The number of imidazole rings is 1. The normalized spacial score (nSPS) is 11.1. The Morgan fingerprint density at radius 3 is 2.43 bits per heavy atom. The Kier molecular flexibility index (Phi) is 7.74. The molecule has 37 heavy (non-hydrogen) atoms. The van der Waals surface area contributed by atoms with Crippen LogP contribution in [0.3, 0.4) is 0 Å². The van der Waals surface area contributed by atoms with E-state index in [1.54, 1.807) is 7.05 Å². The van der Waals surface area contributed by atoms with Crippen LogP contribution in [0.1, 0.15) is 32.7 Å². The molecule has 0 bridgehead atoms. The maximum absolute atomic E-state index is 12.9. The average molecular weight is 516 g/mol. The van der Waals surface area contributed by atoms with E-state index in [-0.39, 0.29) is 11.7 Å². The van der Waals surface area contributed by atoms with E-state index < -0.39 is 8.46 Å². The number of hydrogen-bond donors (Lipinski definition) is 3. The van der Waals surface area contributed by atoms with Crippen molar-refractivity contribution in [3.63, 3.8) is 0 Å². The second-order valence-electron chi connectivity index (χ2n) is 9.38. The molecule has 0 aliphatic rings. The molecule has 0 fully saturated rings. The summed E-state index contributed by atoms with van der Waals surface area (Å²) in [6.07, 6.45) is 1.36. The van der Waals surface area contributed by atoms with E-state index in [2.05, 4.69) is 10.3 Å². The molecule has 0 spiro atoms. The summed E-state index contributed by atoms with van der Waals surface area (Å²) in [5.74, 6) is 0.760. The lowest BCUT2D eigenvalue weighted by Gasteiger charge is -2.16. The molecule has 3 aromatic carbocycles. The Morgan fingerprint density at radius 1 is 1.05 bits per heavy atom. The molecule has 1 atom stereocenters. The Hall–Kier alpha value is -3.96. The van der Waals surface area contributed by atoms with Gasteiger partial charge in [0.2, 0.25) is 0 Å². The Labute approximate surface area is 218 Å². The largest absolute Gasteiger partial charge is 0.507 e. The molecular formula is C29H32N4O3P+. The van der Waals surface area contributed by atoms with Crippen LogP contribution in [0, 0.1) is 13.8 Å². The van der Waals surface area contributed by atoms with Gasteiger partial charge in [0.15, 0.2) is 5.30 Å². The van der Waals surface area contributed by atoms with Crippen molar-refractivity contribution in [3.8, 4) is 28.4 Å². The van der Waals surface area contributed by atoms with Crippen molar-refractivity contribution in [2.24, 2.45) is 0 Å². The Balaban J connectivity index is 1.85. The number of nitrogens with one attached hydrogen (secondary N) is 2. The molecule has 0 saturated heterocycles. The number of carbonyl (C=O) groups is 1. The van der Waals surface area contributed by atoms with Crippen LogP contribution in [-0.2, 0) is 17.4 Å². The van der Waals surface area contributed by atoms with Gasteiger partial charge in [-0.2, -0.15) is 0 Å². The van der Waals surface area contributed by atoms with Crippen molar-refractivity contribution in [2.45, 2.75) is 26.7 Å². The van der Waals surface area contributed by atoms with Crippen LogP contribution < -0.4 is 15.5 Å². The molecule has 1 unspecified atom stereocenters. The molecule has 0 aliphatic heterocycles. The molecule has 1 aromatic heterocycles. The minimum atomic E-state index is -0.493. The van der Waals surface area contributed by atoms with Crippen LogP contribution in [0.15, 0.2) is 54.6 Å². The van der Waals surface area contributed by atoms with Gasteiger partial charge in [-0.3, -0.25) is 4.79 Å². The van der Waals surface area contributed by atoms with Gasteiger partial charge >= 0.3 is 8.46 Å². The molecule has 1 amide bonds. The minimum Gasteiger partial charge on any atom is -0.507 e. The summed E-state index contributed by atoms with van der Waals surface area (Å²) in [4.78, 5) is 23.4. The van der Waals surface area contributed by atoms with E-state index in [1.165, 1.54) is 0 Å². The summed E-state index contributed by atoms with van der Waals surface area (Å²) in [6.45, 7) is 3.73. The van der Waals surface area contributed by atoms with Crippen LogP contribution in [0.2, 0.25) is 0 Å². The first-order valence-electron chi connectivity index (χ1n) is 12.1. The van der Waals surface area contributed by atoms with Gasteiger partial charge in [0, 0.05) is 43.7 Å². The Morgan fingerprint density at radius 2 is 1.78 bits per heavy atom. The number of phenols is 1. The van der Waals surface area contributed by atoms with Crippen molar-refractivity contribution in [1.29, 1.82) is 0 Å². The summed E-state index contributed by atoms with van der Waals surface area (Å²) in [5, 5.41) is 13.8. The number of carbonyl (C=O) groups excluding carboxylic acids is 1. The highest BCUT2D eigenvalue weighted by molar-refractivity contribution is 7.34. The van der Waals surface area contributed by atoms with E-state index in [0.717, 1.165) is 44.5 Å². The highest BCUT2D eigenvalue weighted by Gasteiger charge is 2.21. The van der Waals surface area contributed by atoms with Crippen LogP contribution >= 0.6 is 8.46 Å². The molecule has 0 aliphatic carbocycles. The third kappa shape index (κ3) is 5.57. The smallest absolute Gasteiger partial charge is 0.363 e. The molecule has 1 heterocycles. The van der Waals surface area contributed by atoms with E-state index >= 15 is 0 Å². The minimum absolute atomic E-state index is 0.185. The first-order chi connectivity index (χ1) is 17.7. The zero-order valence-electron chi connectivity index (χ0n) is 21.8. The molecule has 7 nitrogen and oxygen atoms in total. The fourth-order valence-corrected chi connectivity index (χ4v) is 4.85. The third-order valence-corrected chi connectivity index (χ3v) is 7.04. The number of phenolic OH excluding ortho intramolecular Hbond substituents is 1. The molecule has 190 valence electrons. The predicted octanol–water partition coefficient (Wildman–Crippen LogP) is 4.93. The predicted molar refractivity (Wildman–Crippen MR) is 151 cm³/mol.